The van der Waals surface area contributed by atoms with Crippen LogP contribution in [0.2, 0.25) is 0 Å². The van der Waals surface area contributed by atoms with Crippen LogP contribution in [0.3, 0.4) is 0 Å². The molecule has 0 amide bonds. The van der Waals surface area contributed by atoms with Gasteiger partial charge in [0.15, 0.2) is 0 Å². The van der Waals surface area contributed by atoms with Gasteiger partial charge in [-0.3, -0.25) is 0 Å². The van der Waals surface area contributed by atoms with Crippen LogP contribution in [0.5, 0.6) is 0 Å². The van der Waals surface area contributed by atoms with Crippen molar-refractivity contribution in [2.75, 3.05) is 36.0 Å². The van der Waals surface area contributed by atoms with Gasteiger partial charge in [0.2, 0.25) is 0 Å². The van der Waals surface area contributed by atoms with Gasteiger partial charge in [0, 0.05) is 26.2 Å². The first-order valence-electron chi connectivity index (χ1n) is 25.1. The quantitative estimate of drug-likeness (QED) is 0.0633. The number of hydrogen-bond donors (Lipinski definition) is 0. The maximum atomic E-state index is 2.83. The van der Waals surface area contributed by atoms with Gasteiger partial charge in [-0.2, -0.15) is 0 Å². The molecule has 0 aromatic carbocycles. The maximum Gasteiger partial charge on any atom is 0.0557 e. The average molecular weight is 807 g/mol. The maximum absolute atomic E-state index is 2.83. The highest BCUT2D eigenvalue weighted by Gasteiger charge is 2.34. The Morgan fingerprint density at radius 1 is 0.393 bits per heavy atom. The second-order valence-corrected chi connectivity index (χ2v) is 20.2. The second kappa shape index (κ2) is 29.9. The lowest BCUT2D eigenvalue weighted by molar-refractivity contribution is 0.403. The zero-order chi connectivity index (χ0) is 39.5. The Balaban J connectivity index is 1.38. The lowest BCUT2D eigenvalue weighted by Gasteiger charge is -2.26. The molecular formula is C52H90N2S2. The van der Waals surface area contributed by atoms with Crippen molar-refractivity contribution in [3.05, 3.63) is 32.6 Å². The van der Waals surface area contributed by atoms with E-state index in [1.165, 1.54) is 219 Å². The van der Waals surface area contributed by atoms with Crippen LogP contribution >= 0.6 is 22.7 Å². The number of fused-ring (bicyclic) bond motifs is 2. The van der Waals surface area contributed by atoms with E-state index < -0.39 is 0 Å². The Morgan fingerprint density at radius 3 is 0.946 bits per heavy atom. The van der Waals surface area contributed by atoms with Crippen molar-refractivity contribution in [3.63, 3.8) is 0 Å². The monoisotopic (exact) mass is 807 g/mol. The van der Waals surface area contributed by atoms with E-state index in [1.54, 1.807) is 32.3 Å². The van der Waals surface area contributed by atoms with E-state index in [0.717, 1.165) is 24.9 Å². The standard InChI is InChI=1S/C52H90N2S2/c1-5-9-13-17-21-23-27-31-35-45(33-29-25-19-15-11-7-3)41-53-43-47(51-49(53)37-39-55-51)48-44-54(50-38-40-56-52(48)50)42-46(34-30-26-20-16-12-8-4)36-32-28-24-22-18-14-10-6-2/h37-40,45-46H,5-36,41-44H2,1-4H3/b48-47-. The normalized spacial score (nSPS) is 16.3. The van der Waals surface area contributed by atoms with E-state index in [4.69, 9.17) is 0 Å². The van der Waals surface area contributed by atoms with E-state index in [1.807, 2.05) is 22.7 Å². The molecule has 0 spiro atoms. The summed E-state index contributed by atoms with van der Waals surface area (Å²) in [6.07, 6.45) is 45.5. The summed E-state index contributed by atoms with van der Waals surface area (Å²) in [5.74, 6) is 1.66. The summed E-state index contributed by atoms with van der Waals surface area (Å²) in [6.45, 7) is 14.1. The van der Waals surface area contributed by atoms with E-state index >= 15 is 0 Å². The van der Waals surface area contributed by atoms with Crippen LogP contribution in [-0.2, 0) is 0 Å². The predicted molar refractivity (Wildman–Crippen MR) is 257 cm³/mol. The highest BCUT2D eigenvalue weighted by molar-refractivity contribution is 7.13. The van der Waals surface area contributed by atoms with E-state index in [0.29, 0.717) is 0 Å². The Kier molecular flexibility index (Phi) is 25.3. The molecule has 2 unspecified atom stereocenters. The Hall–Kier alpha value is -1.26. The summed E-state index contributed by atoms with van der Waals surface area (Å²) in [6, 6.07) is 4.93. The summed E-state index contributed by atoms with van der Waals surface area (Å²) in [5.41, 5.74) is 6.44. The first kappa shape index (κ1) is 47.4. The van der Waals surface area contributed by atoms with Crippen LogP contribution in [0, 0.1) is 11.8 Å². The van der Waals surface area contributed by atoms with Gasteiger partial charge in [-0.1, -0.05) is 207 Å². The molecule has 2 aliphatic heterocycles. The van der Waals surface area contributed by atoms with Crippen LogP contribution < -0.4 is 9.80 Å². The second-order valence-electron chi connectivity index (χ2n) is 18.4. The topological polar surface area (TPSA) is 6.48 Å². The summed E-state index contributed by atoms with van der Waals surface area (Å²) >= 11 is 4.04. The zero-order valence-corrected chi connectivity index (χ0v) is 39.3. The Bertz CT molecular complexity index is 1180. The molecule has 0 N–H and O–H groups in total. The Morgan fingerprint density at radius 2 is 0.661 bits per heavy atom. The number of thiophene rings is 2. The van der Waals surface area contributed by atoms with Crippen molar-refractivity contribution in [1.29, 1.82) is 0 Å². The largest absolute Gasteiger partial charge is 0.366 e. The molecule has 0 saturated carbocycles. The first-order valence-corrected chi connectivity index (χ1v) is 26.8. The third kappa shape index (κ3) is 17.1. The lowest BCUT2D eigenvalue weighted by atomic mass is 9.93. The molecular weight excluding hydrogens is 717 g/mol. The lowest BCUT2D eigenvalue weighted by Crippen LogP contribution is -2.29. The SMILES string of the molecule is CCCCCCCCCCC(CCCCCCCC)CN1C/C(=C2\CN(CC(CCCCCCCC)CCCCCCCCCC)c3ccsc32)c2sccc21. The smallest absolute Gasteiger partial charge is 0.0557 e. The fraction of sp³-hybridized carbons (Fsp3) is 0.808. The van der Waals surface area contributed by atoms with Crippen LogP contribution in [-0.4, -0.2) is 26.2 Å². The molecule has 0 bridgehead atoms. The molecule has 2 atom stereocenters. The number of hydrogen-bond acceptors (Lipinski definition) is 4. The first-order chi connectivity index (χ1) is 27.7. The summed E-state index contributed by atoms with van der Waals surface area (Å²) < 4.78 is 0. The van der Waals surface area contributed by atoms with Crippen LogP contribution in [0.1, 0.15) is 243 Å². The van der Waals surface area contributed by atoms with Crippen molar-refractivity contribution in [1.82, 2.24) is 0 Å². The van der Waals surface area contributed by atoms with Gasteiger partial charge in [-0.05, 0) is 71.6 Å². The van der Waals surface area contributed by atoms with Crippen LogP contribution in [0.25, 0.3) is 11.1 Å². The molecule has 56 heavy (non-hydrogen) atoms. The van der Waals surface area contributed by atoms with Crippen LogP contribution in [0.15, 0.2) is 22.9 Å². The number of unbranched alkanes of at least 4 members (excludes halogenated alkanes) is 24. The molecule has 4 heterocycles. The molecule has 2 nitrogen and oxygen atoms in total. The predicted octanol–water partition coefficient (Wildman–Crippen LogP) is 18.2. The highest BCUT2D eigenvalue weighted by Crippen LogP contribution is 2.49. The fourth-order valence-corrected chi connectivity index (χ4v) is 11.8. The van der Waals surface area contributed by atoms with E-state index in [9.17, 15) is 0 Å². The minimum Gasteiger partial charge on any atom is -0.366 e. The molecule has 4 heteroatoms. The van der Waals surface area contributed by atoms with Crippen molar-refractivity contribution < 1.29 is 0 Å². The summed E-state index contributed by atoms with van der Waals surface area (Å²) in [4.78, 5) is 8.85. The van der Waals surface area contributed by atoms with Gasteiger partial charge in [-0.25, -0.2) is 0 Å². The average Bonchev–Trinajstić information content (AvgIpc) is 4.01. The van der Waals surface area contributed by atoms with Crippen molar-refractivity contribution >= 4 is 45.2 Å². The Labute approximate surface area is 357 Å². The molecule has 2 aliphatic rings. The summed E-state index contributed by atoms with van der Waals surface area (Å²) in [7, 11) is 0. The summed E-state index contributed by atoms with van der Waals surface area (Å²) in [5, 5.41) is 4.78. The fourth-order valence-electron chi connectivity index (χ4n) is 9.88. The van der Waals surface area contributed by atoms with Crippen molar-refractivity contribution in [2.24, 2.45) is 11.8 Å². The van der Waals surface area contributed by atoms with Gasteiger partial charge < -0.3 is 9.80 Å². The molecule has 320 valence electrons. The molecule has 0 fully saturated rings. The van der Waals surface area contributed by atoms with Gasteiger partial charge in [-0.15, -0.1) is 22.7 Å². The van der Waals surface area contributed by atoms with Gasteiger partial charge >= 0.3 is 0 Å². The van der Waals surface area contributed by atoms with E-state index in [2.05, 4.69) is 60.4 Å². The number of rotatable bonds is 36. The number of nitrogens with zero attached hydrogens (tertiary/aromatic N) is 2. The zero-order valence-electron chi connectivity index (χ0n) is 37.6. The van der Waals surface area contributed by atoms with Gasteiger partial charge in [0.1, 0.15) is 0 Å². The highest BCUT2D eigenvalue weighted by atomic mass is 32.1. The number of anilines is 2. The molecule has 4 rings (SSSR count). The minimum absolute atomic E-state index is 0.829. The van der Waals surface area contributed by atoms with E-state index in [-0.39, 0.29) is 0 Å². The molecule has 2 aromatic heterocycles. The third-order valence-corrected chi connectivity index (χ3v) is 15.3. The molecule has 0 radical (unpaired) electrons. The third-order valence-electron chi connectivity index (χ3n) is 13.4. The molecule has 2 aromatic rings. The molecule has 0 aliphatic carbocycles. The minimum atomic E-state index is 0.829. The van der Waals surface area contributed by atoms with Gasteiger partial charge in [0.05, 0.1) is 21.1 Å². The van der Waals surface area contributed by atoms with Crippen molar-refractivity contribution in [2.45, 2.75) is 233 Å². The van der Waals surface area contributed by atoms with Gasteiger partial charge in [0.25, 0.3) is 0 Å². The van der Waals surface area contributed by atoms with Crippen molar-refractivity contribution in [3.8, 4) is 0 Å². The molecule has 0 saturated heterocycles. The van der Waals surface area contributed by atoms with Crippen LogP contribution in [0.4, 0.5) is 11.4 Å².